The van der Waals surface area contributed by atoms with Crippen LogP contribution in [0.1, 0.15) is 46.7 Å². The molecule has 3 rings (SSSR count). The Balaban J connectivity index is 1.63. The van der Waals surface area contributed by atoms with Crippen LogP contribution in [0.4, 0.5) is 0 Å². The van der Waals surface area contributed by atoms with Crippen LogP contribution in [0.25, 0.3) is 0 Å². The molecule has 1 saturated heterocycles. The SMILES string of the molecule is Cc1cc(C(=O)N2CCCCC2C(=O)NCCc2ccccc2)c(C)o1. The quantitative estimate of drug-likeness (QED) is 0.896. The summed E-state index contributed by atoms with van der Waals surface area (Å²) in [6, 6.07) is 11.4. The smallest absolute Gasteiger partial charge is 0.258 e. The minimum Gasteiger partial charge on any atom is -0.466 e. The average Bonchev–Trinajstić information content (AvgIpc) is 3.00. The molecule has 0 aliphatic carbocycles. The third-order valence-electron chi connectivity index (χ3n) is 4.89. The highest BCUT2D eigenvalue weighted by Crippen LogP contribution is 2.23. The van der Waals surface area contributed by atoms with Crippen LogP contribution in [-0.4, -0.2) is 35.8 Å². The van der Waals surface area contributed by atoms with Gasteiger partial charge in [-0.2, -0.15) is 0 Å². The molecule has 1 aromatic carbocycles. The van der Waals surface area contributed by atoms with Gasteiger partial charge in [-0.05, 0) is 51.2 Å². The third kappa shape index (κ3) is 4.15. The van der Waals surface area contributed by atoms with Gasteiger partial charge in [-0.1, -0.05) is 30.3 Å². The number of aryl methyl sites for hydroxylation is 2. The minimum absolute atomic E-state index is 0.0631. The van der Waals surface area contributed by atoms with Crippen LogP contribution >= 0.6 is 0 Å². The maximum atomic E-state index is 12.9. The predicted molar refractivity (Wildman–Crippen MR) is 100 cm³/mol. The van der Waals surface area contributed by atoms with Gasteiger partial charge in [-0.25, -0.2) is 0 Å². The maximum Gasteiger partial charge on any atom is 0.258 e. The molecule has 0 bridgehead atoms. The van der Waals surface area contributed by atoms with Crippen LogP contribution < -0.4 is 5.32 Å². The number of carbonyl (C=O) groups excluding carboxylic acids is 2. The van der Waals surface area contributed by atoms with Crippen LogP contribution in [-0.2, 0) is 11.2 Å². The number of benzene rings is 1. The molecular formula is C21H26N2O3. The lowest BCUT2D eigenvalue weighted by molar-refractivity contribution is -0.126. The van der Waals surface area contributed by atoms with Crippen molar-refractivity contribution in [1.29, 1.82) is 0 Å². The van der Waals surface area contributed by atoms with E-state index in [2.05, 4.69) is 5.32 Å². The fraction of sp³-hybridized carbons (Fsp3) is 0.429. The van der Waals surface area contributed by atoms with E-state index in [1.165, 1.54) is 5.56 Å². The molecule has 1 aliphatic heterocycles. The number of furan rings is 1. The second-order valence-electron chi connectivity index (χ2n) is 6.86. The average molecular weight is 354 g/mol. The van der Waals surface area contributed by atoms with E-state index in [1.807, 2.05) is 37.3 Å². The van der Waals surface area contributed by atoms with Crippen LogP contribution in [0.15, 0.2) is 40.8 Å². The Morgan fingerprint density at radius 2 is 1.96 bits per heavy atom. The number of likely N-dealkylation sites (tertiary alicyclic amines) is 1. The zero-order chi connectivity index (χ0) is 18.5. The van der Waals surface area contributed by atoms with E-state index in [1.54, 1.807) is 17.9 Å². The normalized spacial score (nSPS) is 17.2. The summed E-state index contributed by atoms with van der Waals surface area (Å²) in [6.45, 7) is 4.80. The lowest BCUT2D eigenvalue weighted by atomic mass is 10.00. The Morgan fingerprint density at radius 1 is 1.19 bits per heavy atom. The van der Waals surface area contributed by atoms with Crippen molar-refractivity contribution in [2.24, 2.45) is 0 Å². The molecule has 26 heavy (non-hydrogen) atoms. The number of carbonyl (C=O) groups is 2. The molecular weight excluding hydrogens is 328 g/mol. The van der Waals surface area contributed by atoms with E-state index in [0.717, 1.165) is 19.3 Å². The number of amides is 2. The highest BCUT2D eigenvalue weighted by atomic mass is 16.3. The number of nitrogens with one attached hydrogen (secondary N) is 1. The van der Waals surface area contributed by atoms with Crippen molar-refractivity contribution in [3.05, 3.63) is 59.0 Å². The first kappa shape index (κ1) is 18.2. The fourth-order valence-corrected chi connectivity index (χ4v) is 3.54. The van der Waals surface area contributed by atoms with Gasteiger partial charge in [0.1, 0.15) is 17.6 Å². The standard InChI is InChI=1S/C21H26N2O3/c1-15-14-18(16(2)26-15)21(25)23-13-7-6-10-19(23)20(24)22-12-11-17-8-4-3-5-9-17/h3-5,8-9,14,19H,6-7,10-13H2,1-2H3,(H,22,24). The molecule has 1 unspecified atom stereocenters. The van der Waals surface area contributed by atoms with E-state index in [4.69, 9.17) is 4.42 Å². The van der Waals surface area contributed by atoms with E-state index in [9.17, 15) is 9.59 Å². The fourth-order valence-electron chi connectivity index (χ4n) is 3.54. The number of nitrogens with zero attached hydrogens (tertiary/aromatic N) is 1. The first-order valence-corrected chi connectivity index (χ1v) is 9.26. The van der Waals surface area contributed by atoms with Crippen molar-refractivity contribution in [3.63, 3.8) is 0 Å². The Bertz CT molecular complexity index is 767. The summed E-state index contributed by atoms with van der Waals surface area (Å²) >= 11 is 0. The van der Waals surface area contributed by atoms with Gasteiger partial charge in [-0.3, -0.25) is 9.59 Å². The summed E-state index contributed by atoms with van der Waals surface area (Å²) < 4.78 is 5.49. The van der Waals surface area contributed by atoms with Crippen molar-refractivity contribution in [1.82, 2.24) is 10.2 Å². The van der Waals surface area contributed by atoms with Crippen molar-refractivity contribution in [2.75, 3.05) is 13.1 Å². The molecule has 1 N–H and O–H groups in total. The summed E-state index contributed by atoms with van der Waals surface area (Å²) in [6.07, 6.45) is 3.38. The molecule has 1 aliphatic rings. The molecule has 1 fully saturated rings. The minimum atomic E-state index is -0.401. The molecule has 5 heteroatoms. The van der Waals surface area contributed by atoms with Crippen molar-refractivity contribution in [2.45, 2.75) is 45.6 Å². The van der Waals surface area contributed by atoms with Gasteiger partial charge >= 0.3 is 0 Å². The van der Waals surface area contributed by atoms with Crippen LogP contribution in [0.2, 0.25) is 0 Å². The molecule has 1 atom stereocenters. The lowest BCUT2D eigenvalue weighted by Crippen LogP contribution is -2.52. The molecule has 2 heterocycles. The van der Waals surface area contributed by atoms with Gasteiger partial charge < -0.3 is 14.6 Å². The molecule has 0 radical (unpaired) electrons. The zero-order valence-electron chi connectivity index (χ0n) is 15.5. The second-order valence-corrected chi connectivity index (χ2v) is 6.86. The van der Waals surface area contributed by atoms with Gasteiger partial charge in [0.25, 0.3) is 5.91 Å². The van der Waals surface area contributed by atoms with E-state index >= 15 is 0 Å². The van der Waals surface area contributed by atoms with Crippen molar-refractivity contribution < 1.29 is 14.0 Å². The molecule has 1 aromatic heterocycles. The number of rotatable bonds is 5. The van der Waals surface area contributed by atoms with Crippen molar-refractivity contribution >= 4 is 11.8 Å². The third-order valence-corrected chi connectivity index (χ3v) is 4.89. The molecule has 138 valence electrons. The van der Waals surface area contributed by atoms with Crippen LogP contribution in [0.3, 0.4) is 0 Å². The van der Waals surface area contributed by atoms with Crippen LogP contribution in [0, 0.1) is 13.8 Å². The summed E-state index contributed by atoms with van der Waals surface area (Å²) in [5.74, 6) is 1.15. The highest BCUT2D eigenvalue weighted by Gasteiger charge is 2.33. The van der Waals surface area contributed by atoms with Gasteiger partial charge in [0.2, 0.25) is 5.91 Å². The monoisotopic (exact) mass is 354 g/mol. The largest absolute Gasteiger partial charge is 0.466 e. The van der Waals surface area contributed by atoms with E-state index in [-0.39, 0.29) is 11.8 Å². The molecule has 0 saturated carbocycles. The highest BCUT2D eigenvalue weighted by molar-refractivity contribution is 5.98. The summed E-state index contributed by atoms with van der Waals surface area (Å²) in [7, 11) is 0. The summed E-state index contributed by atoms with van der Waals surface area (Å²) in [5, 5.41) is 3.00. The number of piperidine rings is 1. The summed E-state index contributed by atoms with van der Waals surface area (Å²) in [4.78, 5) is 27.3. The van der Waals surface area contributed by atoms with E-state index < -0.39 is 6.04 Å². The van der Waals surface area contributed by atoms with Crippen LogP contribution in [0.5, 0.6) is 0 Å². The zero-order valence-corrected chi connectivity index (χ0v) is 15.5. The van der Waals surface area contributed by atoms with Gasteiger partial charge in [0.15, 0.2) is 0 Å². The maximum absolute atomic E-state index is 12.9. The van der Waals surface area contributed by atoms with Gasteiger partial charge in [0.05, 0.1) is 5.56 Å². The topological polar surface area (TPSA) is 62.6 Å². The Hall–Kier alpha value is -2.56. The number of hydrogen-bond donors (Lipinski definition) is 1. The Kier molecular flexibility index (Phi) is 5.76. The molecule has 2 aromatic rings. The first-order chi connectivity index (χ1) is 12.6. The molecule has 5 nitrogen and oxygen atoms in total. The number of hydrogen-bond acceptors (Lipinski definition) is 3. The van der Waals surface area contributed by atoms with E-state index in [0.29, 0.717) is 36.6 Å². The first-order valence-electron chi connectivity index (χ1n) is 9.26. The summed E-state index contributed by atoms with van der Waals surface area (Å²) in [5.41, 5.74) is 1.75. The van der Waals surface area contributed by atoms with Gasteiger partial charge in [-0.15, -0.1) is 0 Å². The molecule has 2 amide bonds. The second kappa shape index (κ2) is 8.21. The predicted octanol–water partition coefficient (Wildman–Crippen LogP) is 3.25. The molecule has 0 spiro atoms. The Morgan fingerprint density at radius 3 is 2.65 bits per heavy atom. The lowest BCUT2D eigenvalue weighted by Gasteiger charge is -2.34. The van der Waals surface area contributed by atoms with Crippen molar-refractivity contribution in [3.8, 4) is 0 Å². The van der Waals surface area contributed by atoms with Gasteiger partial charge in [0, 0.05) is 13.1 Å². The Labute approximate surface area is 154 Å².